The number of hydrogen-bond acceptors (Lipinski definition) is 3. The lowest BCUT2D eigenvalue weighted by atomic mass is 10.1. The predicted molar refractivity (Wildman–Crippen MR) is 68.1 cm³/mol. The van der Waals surface area contributed by atoms with Gasteiger partial charge in [0.25, 0.3) is 5.91 Å². The molecule has 2 rings (SSSR count). The molecule has 5 nitrogen and oxygen atoms in total. The van der Waals surface area contributed by atoms with E-state index in [1.165, 1.54) is 23.1 Å². The van der Waals surface area contributed by atoms with Crippen molar-refractivity contribution in [1.82, 2.24) is 20.1 Å². The first kappa shape index (κ1) is 13.2. The Kier molecular flexibility index (Phi) is 3.59. The number of carbonyl (C=O) groups excluding carboxylic acids is 1. The maximum atomic E-state index is 13.2. The largest absolute Gasteiger partial charge is 0.334 e. The number of aromatic nitrogens is 3. The van der Waals surface area contributed by atoms with Crippen LogP contribution in [0.5, 0.6) is 0 Å². The van der Waals surface area contributed by atoms with Gasteiger partial charge in [-0.25, -0.2) is 9.37 Å². The molecule has 0 atom stereocenters. The molecular formula is C13H15FN4O. The van der Waals surface area contributed by atoms with Gasteiger partial charge in [0.1, 0.15) is 11.6 Å². The maximum absolute atomic E-state index is 13.2. The van der Waals surface area contributed by atoms with Gasteiger partial charge >= 0.3 is 0 Å². The fourth-order valence-corrected chi connectivity index (χ4v) is 1.74. The minimum atomic E-state index is -0.316. The van der Waals surface area contributed by atoms with Gasteiger partial charge in [-0.1, -0.05) is 0 Å². The zero-order chi connectivity index (χ0) is 14.0. The van der Waals surface area contributed by atoms with Crippen molar-refractivity contribution < 1.29 is 9.18 Å². The summed E-state index contributed by atoms with van der Waals surface area (Å²) >= 11 is 0. The van der Waals surface area contributed by atoms with Crippen molar-refractivity contribution in [3.05, 3.63) is 46.8 Å². The number of rotatable bonds is 3. The standard InChI is InChI=1S/C13H15FN4O/c1-8-6-10(4-5-11(8)14)13(19)18(3)7-12-15-9(2)16-17-12/h4-6H,7H2,1-3H3,(H,15,16,17). The van der Waals surface area contributed by atoms with E-state index in [4.69, 9.17) is 0 Å². The summed E-state index contributed by atoms with van der Waals surface area (Å²) in [6.07, 6.45) is 0. The molecule has 0 aliphatic heterocycles. The normalized spacial score (nSPS) is 10.5. The highest BCUT2D eigenvalue weighted by atomic mass is 19.1. The van der Waals surface area contributed by atoms with E-state index in [1.54, 1.807) is 20.9 Å². The number of benzene rings is 1. The molecule has 0 spiro atoms. The molecule has 19 heavy (non-hydrogen) atoms. The monoisotopic (exact) mass is 262 g/mol. The highest BCUT2D eigenvalue weighted by Gasteiger charge is 2.14. The second kappa shape index (κ2) is 5.17. The maximum Gasteiger partial charge on any atom is 0.254 e. The van der Waals surface area contributed by atoms with Crippen molar-refractivity contribution in [3.8, 4) is 0 Å². The summed E-state index contributed by atoms with van der Waals surface area (Å²) in [5, 5.41) is 6.69. The number of aromatic amines is 1. The van der Waals surface area contributed by atoms with Crippen LogP contribution in [0.3, 0.4) is 0 Å². The molecule has 0 aliphatic carbocycles. The van der Waals surface area contributed by atoms with Crippen LogP contribution in [0.1, 0.15) is 27.6 Å². The van der Waals surface area contributed by atoms with Gasteiger partial charge in [0.15, 0.2) is 5.82 Å². The lowest BCUT2D eigenvalue weighted by Crippen LogP contribution is -2.26. The fraction of sp³-hybridized carbons (Fsp3) is 0.308. The van der Waals surface area contributed by atoms with Crippen molar-refractivity contribution in [2.24, 2.45) is 0 Å². The van der Waals surface area contributed by atoms with Crippen LogP contribution in [0.4, 0.5) is 4.39 Å². The van der Waals surface area contributed by atoms with E-state index in [0.717, 1.165) is 0 Å². The van der Waals surface area contributed by atoms with E-state index in [-0.39, 0.29) is 11.7 Å². The van der Waals surface area contributed by atoms with Gasteiger partial charge in [-0.3, -0.25) is 9.89 Å². The van der Waals surface area contributed by atoms with Crippen LogP contribution >= 0.6 is 0 Å². The number of aryl methyl sites for hydroxylation is 2. The minimum absolute atomic E-state index is 0.189. The molecular weight excluding hydrogens is 247 g/mol. The molecule has 1 aromatic carbocycles. The minimum Gasteiger partial charge on any atom is -0.334 e. The van der Waals surface area contributed by atoms with Crippen LogP contribution in [0.15, 0.2) is 18.2 Å². The van der Waals surface area contributed by atoms with Gasteiger partial charge in [-0.2, -0.15) is 5.10 Å². The molecule has 0 aliphatic rings. The first-order valence-corrected chi connectivity index (χ1v) is 5.87. The van der Waals surface area contributed by atoms with Crippen molar-refractivity contribution in [2.45, 2.75) is 20.4 Å². The molecule has 0 bridgehead atoms. The first-order chi connectivity index (χ1) is 8.97. The number of halogens is 1. The van der Waals surface area contributed by atoms with Crippen molar-refractivity contribution in [3.63, 3.8) is 0 Å². The average Bonchev–Trinajstić information content (AvgIpc) is 2.77. The Morgan fingerprint density at radius 2 is 2.16 bits per heavy atom. The fourth-order valence-electron chi connectivity index (χ4n) is 1.74. The zero-order valence-electron chi connectivity index (χ0n) is 11.1. The molecule has 2 aromatic rings. The number of amides is 1. The van der Waals surface area contributed by atoms with Gasteiger partial charge in [-0.15, -0.1) is 0 Å². The van der Waals surface area contributed by atoms with Crippen LogP contribution in [0, 0.1) is 19.7 Å². The number of nitrogens with zero attached hydrogens (tertiary/aromatic N) is 3. The molecule has 0 fully saturated rings. The molecule has 1 heterocycles. The van der Waals surface area contributed by atoms with E-state index in [0.29, 0.717) is 29.3 Å². The summed E-state index contributed by atoms with van der Waals surface area (Å²) in [5.41, 5.74) is 0.904. The Balaban J connectivity index is 2.12. The number of carbonyl (C=O) groups is 1. The number of hydrogen-bond donors (Lipinski definition) is 1. The van der Waals surface area contributed by atoms with Crippen LogP contribution in [0.25, 0.3) is 0 Å². The smallest absolute Gasteiger partial charge is 0.254 e. The molecule has 100 valence electrons. The third-order valence-electron chi connectivity index (χ3n) is 2.77. The van der Waals surface area contributed by atoms with E-state index in [2.05, 4.69) is 15.2 Å². The second-order valence-corrected chi connectivity index (χ2v) is 4.46. The molecule has 0 unspecified atom stereocenters. The molecule has 1 N–H and O–H groups in total. The zero-order valence-corrected chi connectivity index (χ0v) is 11.1. The van der Waals surface area contributed by atoms with E-state index < -0.39 is 0 Å². The molecule has 1 aromatic heterocycles. The average molecular weight is 262 g/mol. The lowest BCUT2D eigenvalue weighted by molar-refractivity contribution is 0.0781. The van der Waals surface area contributed by atoms with Crippen molar-refractivity contribution in [2.75, 3.05) is 7.05 Å². The van der Waals surface area contributed by atoms with Gasteiger partial charge < -0.3 is 4.90 Å². The third kappa shape index (κ3) is 2.96. The highest BCUT2D eigenvalue weighted by Crippen LogP contribution is 2.12. The third-order valence-corrected chi connectivity index (χ3v) is 2.77. The number of H-pyrrole nitrogens is 1. The van der Waals surface area contributed by atoms with E-state index in [9.17, 15) is 9.18 Å². The van der Waals surface area contributed by atoms with Gasteiger partial charge in [0.05, 0.1) is 6.54 Å². The highest BCUT2D eigenvalue weighted by molar-refractivity contribution is 5.94. The Labute approximate surface area is 110 Å². The van der Waals surface area contributed by atoms with Crippen LogP contribution in [-0.4, -0.2) is 33.0 Å². The summed E-state index contributed by atoms with van der Waals surface area (Å²) in [6.45, 7) is 3.73. The Bertz CT molecular complexity index is 608. The molecule has 0 radical (unpaired) electrons. The predicted octanol–water partition coefficient (Wildman–Crippen LogP) is 1.83. The van der Waals surface area contributed by atoms with Crippen molar-refractivity contribution >= 4 is 5.91 Å². The summed E-state index contributed by atoms with van der Waals surface area (Å²) in [6, 6.07) is 4.31. The van der Waals surface area contributed by atoms with Crippen LogP contribution in [-0.2, 0) is 6.54 Å². The van der Waals surface area contributed by atoms with Gasteiger partial charge in [-0.05, 0) is 37.6 Å². The summed E-state index contributed by atoms with van der Waals surface area (Å²) in [7, 11) is 1.66. The number of nitrogens with one attached hydrogen (secondary N) is 1. The molecule has 0 saturated heterocycles. The quantitative estimate of drug-likeness (QED) is 0.918. The van der Waals surface area contributed by atoms with E-state index >= 15 is 0 Å². The van der Waals surface area contributed by atoms with Gasteiger partial charge in [0.2, 0.25) is 0 Å². The summed E-state index contributed by atoms with van der Waals surface area (Å²) < 4.78 is 13.2. The Hall–Kier alpha value is -2.24. The second-order valence-electron chi connectivity index (χ2n) is 4.46. The summed E-state index contributed by atoms with van der Waals surface area (Å²) in [5.74, 6) is 0.745. The first-order valence-electron chi connectivity index (χ1n) is 5.87. The van der Waals surface area contributed by atoms with E-state index in [1.807, 2.05) is 0 Å². The molecule has 1 amide bonds. The van der Waals surface area contributed by atoms with Gasteiger partial charge in [0, 0.05) is 12.6 Å². The topological polar surface area (TPSA) is 61.9 Å². The summed E-state index contributed by atoms with van der Waals surface area (Å²) in [4.78, 5) is 17.8. The Morgan fingerprint density at radius 3 is 2.74 bits per heavy atom. The van der Waals surface area contributed by atoms with Crippen LogP contribution < -0.4 is 0 Å². The Morgan fingerprint density at radius 1 is 1.42 bits per heavy atom. The molecule has 6 heteroatoms. The lowest BCUT2D eigenvalue weighted by Gasteiger charge is -2.15. The van der Waals surface area contributed by atoms with Crippen LogP contribution in [0.2, 0.25) is 0 Å². The SMILES string of the molecule is Cc1nc(CN(C)C(=O)c2ccc(F)c(C)c2)n[nH]1. The molecule has 0 saturated carbocycles. The van der Waals surface area contributed by atoms with Crippen molar-refractivity contribution in [1.29, 1.82) is 0 Å².